The quantitative estimate of drug-likeness (QED) is 0.923. The highest BCUT2D eigenvalue weighted by atomic mass is 35.5. The summed E-state index contributed by atoms with van der Waals surface area (Å²) in [4.78, 5) is 4.74. The van der Waals surface area contributed by atoms with Gasteiger partial charge in [-0.15, -0.1) is 0 Å². The zero-order valence-electron chi connectivity index (χ0n) is 11.4. The molecule has 2 rings (SSSR count). The molecule has 0 amide bonds. The molecular formula is C14H20ClN3. The van der Waals surface area contributed by atoms with E-state index in [0.717, 1.165) is 21.9 Å². The maximum atomic E-state index is 6.32. The van der Waals surface area contributed by atoms with Gasteiger partial charge in [0, 0.05) is 18.0 Å². The van der Waals surface area contributed by atoms with E-state index >= 15 is 0 Å². The van der Waals surface area contributed by atoms with Crippen molar-refractivity contribution in [3.63, 3.8) is 0 Å². The minimum Gasteiger partial charge on any atom is -0.329 e. The van der Waals surface area contributed by atoms with Gasteiger partial charge in [0.25, 0.3) is 0 Å². The summed E-state index contributed by atoms with van der Waals surface area (Å²) < 4.78 is 2.20. The molecule has 0 aliphatic rings. The first kappa shape index (κ1) is 13.4. The molecule has 2 N–H and O–H groups in total. The molecule has 1 heterocycles. The van der Waals surface area contributed by atoms with Crippen molar-refractivity contribution in [3.05, 3.63) is 29.0 Å². The van der Waals surface area contributed by atoms with Crippen LogP contribution in [0, 0.1) is 0 Å². The Morgan fingerprint density at radius 3 is 2.61 bits per heavy atom. The molecule has 4 heteroatoms. The predicted molar refractivity (Wildman–Crippen MR) is 77.2 cm³/mol. The number of aromatic nitrogens is 2. The van der Waals surface area contributed by atoms with E-state index in [4.69, 9.17) is 22.3 Å². The van der Waals surface area contributed by atoms with Crippen LogP contribution in [-0.2, 0) is 5.41 Å². The lowest BCUT2D eigenvalue weighted by molar-refractivity contribution is 0.451. The van der Waals surface area contributed by atoms with E-state index in [2.05, 4.69) is 32.3 Å². The van der Waals surface area contributed by atoms with Gasteiger partial charge in [0.1, 0.15) is 5.82 Å². The second-order valence-corrected chi connectivity index (χ2v) is 6.00. The summed E-state index contributed by atoms with van der Waals surface area (Å²) in [6.45, 7) is 9.06. The lowest BCUT2D eigenvalue weighted by Crippen LogP contribution is -2.32. The van der Waals surface area contributed by atoms with E-state index in [1.54, 1.807) is 0 Å². The van der Waals surface area contributed by atoms with Crippen LogP contribution < -0.4 is 5.73 Å². The standard InChI is InChI=1S/C14H20ClN3/c1-9(2)18-12-10(15)6-5-7-11(12)17-13(18)14(3,4)8-16/h5-7,9H,8,16H2,1-4H3. The van der Waals surface area contributed by atoms with E-state index in [9.17, 15) is 0 Å². The van der Waals surface area contributed by atoms with Crippen molar-refractivity contribution >= 4 is 22.6 Å². The van der Waals surface area contributed by atoms with E-state index in [0.29, 0.717) is 12.6 Å². The molecule has 0 fully saturated rings. The molecule has 0 atom stereocenters. The molecule has 98 valence electrons. The summed E-state index contributed by atoms with van der Waals surface area (Å²) in [6.07, 6.45) is 0. The second kappa shape index (κ2) is 4.56. The second-order valence-electron chi connectivity index (χ2n) is 5.59. The molecule has 0 saturated carbocycles. The summed E-state index contributed by atoms with van der Waals surface area (Å²) in [5.41, 5.74) is 7.66. The first-order valence-electron chi connectivity index (χ1n) is 6.25. The number of nitrogens with zero attached hydrogens (tertiary/aromatic N) is 2. The Morgan fingerprint density at radius 1 is 1.39 bits per heavy atom. The van der Waals surface area contributed by atoms with Gasteiger partial charge in [0.15, 0.2) is 0 Å². The summed E-state index contributed by atoms with van der Waals surface area (Å²) >= 11 is 6.32. The Balaban J connectivity index is 2.83. The molecule has 2 aromatic rings. The molecule has 0 saturated heterocycles. The minimum absolute atomic E-state index is 0.160. The largest absolute Gasteiger partial charge is 0.329 e. The van der Waals surface area contributed by atoms with Gasteiger partial charge >= 0.3 is 0 Å². The average molecular weight is 266 g/mol. The summed E-state index contributed by atoms with van der Waals surface area (Å²) in [6, 6.07) is 6.14. The Bertz CT molecular complexity index is 570. The lowest BCUT2D eigenvalue weighted by Gasteiger charge is -2.25. The first-order valence-corrected chi connectivity index (χ1v) is 6.63. The molecular weight excluding hydrogens is 246 g/mol. The normalized spacial score (nSPS) is 12.6. The van der Waals surface area contributed by atoms with Crippen molar-refractivity contribution < 1.29 is 0 Å². The van der Waals surface area contributed by atoms with E-state index in [-0.39, 0.29) is 5.41 Å². The third-order valence-electron chi connectivity index (χ3n) is 3.29. The van der Waals surface area contributed by atoms with Gasteiger partial charge in [-0.2, -0.15) is 0 Å². The Morgan fingerprint density at radius 2 is 2.06 bits per heavy atom. The van der Waals surface area contributed by atoms with Crippen LogP contribution in [0.4, 0.5) is 0 Å². The van der Waals surface area contributed by atoms with Gasteiger partial charge in [-0.25, -0.2) is 4.98 Å². The Hall–Kier alpha value is -1.06. The topological polar surface area (TPSA) is 43.8 Å². The van der Waals surface area contributed by atoms with Crippen molar-refractivity contribution in [3.8, 4) is 0 Å². The molecule has 0 bridgehead atoms. The van der Waals surface area contributed by atoms with E-state index in [1.807, 2.05) is 18.2 Å². The molecule has 0 radical (unpaired) electrons. The Kier molecular flexibility index (Phi) is 3.39. The fraction of sp³-hybridized carbons (Fsp3) is 0.500. The number of halogens is 1. The predicted octanol–water partition coefficient (Wildman–Crippen LogP) is 3.51. The smallest absolute Gasteiger partial charge is 0.117 e. The van der Waals surface area contributed by atoms with Gasteiger partial charge in [0.05, 0.1) is 16.1 Å². The zero-order chi connectivity index (χ0) is 13.5. The number of rotatable bonds is 3. The third kappa shape index (κ3) is 2.02. The van der Waals surface area contributed by atoms with E-state index in [1.165, 1.54) is 0 Å². The van der Waals surface area contributed by atoms with Crippen molar-refractivity contribution in [2.24, 2.45) is 5.73 Å². The number of para-hydroxylation sites is 1. The van der Waals surface area contributed by atoms with Crippen LogP contribution in [-0.4, -0.2) is 16.1 Å². The lowest BCUT2D eigenvalue weighted by atomic mass is 9.92. The molecule has 0 spiro atoms. The van der Waals surface area contributed by atoms with E-state index < -0.39 is 0 Å². The highest BCUT2D eigenvalue weighted by molar-refractivity contribution is 6.35. The highest BCUT2D eigenvalue weighted by Gasteiger charge is 2.28. The van der Waals surface area contributed by atoms with Gasteiger partial charge in [-0.05, 0) is 26.0 Å². The maximum absolute atomic E-state index is 6.32. The molecule has 0 aliphatic heterocycles. The van der Waals surface area contributed by atoms with Crippen LogP contribution >= 0.6 is 11.6 Å². The number of benzene rings is 1. The van der Waals surface area contributed by atoms with Gasteiger partial charge in [-0.3, -0.25) is 0 Å². The van der Waals surface area contributed by atoms with Crippen molar-refractivity contribution in [1.29, 1.82) is 0 Å². The van der Waals surface area contributed by atoms with Crippen LogP contribution in [0.1, 0.15) is 39.6 Å². The molecule has 1 aromatic heterocycles. The summed E-state index contributed by atoms with van der Waals surface area (Å²) in [5, 5.41) is 0.743. The molecule has 18 heavy (non-hydrogen) atoms. The molecule has 0 unspecified atom stereocenters. The van der Waals surface area contributed by atoms with Crippen LogP contribution in [0.2, 0.25) is 5.02 Å². The van der Waals surface area contributed by atoms with Crippen LogP contribution in [0.15, 0.2) is 18.2 Å². The number of fused-ring (bicyclic) bond motifs is 1. The van der Waals surface area contributed by atoms with Crippen molar-refractivity contribution in [2.45, 2.75) is 39.2 Å². The maximum Gasteiger partial charge on any atom is 0.117 e. The molecule has 0 aliphatic carbocycles. The van der Waals surface area contributed by atoms with Crippen LogP contribution in [0.25, 0.3) is 11.0 Å². The fourth-order valence-corrected chi connectivity index (χ4v) is 2.44. The van der Waals surface area contributed by atoms with Gasteiger partial charge < -0.3 is 10.3 Å². The zero-order valence-corrected chi connectivity index (χ0v) is 12.1. The van der Waals surface area contributed by atoms with Crippen molar-refractivity contribution in [2.75, 3.05) is 6.54 Å². The highest BCUT2D eigenvalue weighted by Crippen LogP contribution is 2.32. The average Bonchev–Trinajstić information content (AvgIpc) is 2.70. The molecule has 1 aromatic carbocycles. The van der Waals surface area contributed by atoms with Crippen LogP contribution in [0.3, 0.4) is 0 Å². The van der Waals surface area contributed by atoms with Crippen molar-refractivity contribution in [1.82, 2.24) is 9.55 Å². The first-order chi connectivity index (χ1) is 8.38. The monoisotopic (exact) mass is 265 g/mol. The fourth-order valence-electron chi connectivity index (χ4n) is 2.18. The molecule has 3 nitrogen and oxygen atoms in total. The van der Waals surface area contributed by atoms with Crippen LogP contribution in [0.5, 0.6) is 0 Å². The number of imidazole rings is 1. The summed E-state index contributed by atoms with van der Waals surface area (Å²) in [7, 11) is 0. The number of hydrogen-bond acceptors (Lipinski definition) is 2. The third-order valence-corrected chi connectivity index (χ3v) is 3.60. The minimum atomic E-state index is -0.160. The number of hydrogen-bond donors (Lipinski definition) is 1. The SMILES string of the molecule is CC(C)n1c(C(C)(C)CN)nc2cccc(Cl)c21. The number of nitrogens with two attached hydrogens (primary N) is 1. The Labute approximate surface area is 113 Å². The van der Waals surface area contributed by atoms with Gasteiger partial charge in [0.2, 0.25) is 0 Å². The summed E-state index contributed by atoms with van der Waals surface area (Å²) in [5.74, 6) is 1.00. The van der Waals surface area contributed by atoms with Gasteiger partial charge in [-0.1, -0.05) is 31.5 Å².